The molecule has 1 aliphatic heterocycles. The van der Waals surface area contributed by atoms with Crippen LogP contribution in [-0.4, -0.2) is 33.4 Å². The molecule has 1 atom stereocenters. The fourth-order valence-electron chi connectivity index (χ4n) is 2.76. The highest BCUT2D eigenvalue weighted by Crippen LogP contribution is 2.31. The maximum Gasteiger partial charge on any atom is 0.264 e. The molecule has 1 unspecified atom stereocenters. The molecule has 0 saturated heterocycles. The minimum atomic E-state index is -3.95. The molecular formula is C19H17N2O5S-. The zero-order valence-corrected chi connectivity index (χ0v) is 15.8. The average molecular weight is 385 g/mol. The van der Waals surface area contributed by atoms with Crippen LogP contribution in [0, 0.1) is 19.8 Å². The summed E-state index contributed by atoms with van der Waals surface area (Å²) in [5.74, 6) is -3.84. The van der Waals surface area contributed by atoms with Gasteiger partial charge in [0, 0.05) is 18.8 Å². The number of hydrogen-bond acceptors (Lipinski definition) is 6. The summed E-state index contributed by atoms with van der Waals surface area (Å²) in [6.45, 7) is 3.81. The first-order valence-corrected chi connectivity index (χ1v) is 9.56. The Hall–Kier alpha value is -3.00. The number of nitrogens with zero attached hydrogens (tertiary/aromatic N) is 2. The number of carbonyl (C=O) groups excluding carboxylic acids is 2. The molecule has 0 N–H and O–H groups in total. The van der Waals surface area contributed by atoms with Gasteiger partial charge in [-0.1, -0.05) is 6.07 Å². The van der Waals surface area contributed by atoms with E-state index in [1.54, 1.807) is 12.1 Å². The molecule has 27 heavy (non-hydrogen) atoms. The third-order valence-corrected chi connectivity index (χ3v) is 6.43. The highest BCUT2D eigenvalue weighted by molar-refractivity contribution is 7.92. The monoisotopic (exact) mass is 385 g/mol. The van der Waals surface area contributed by atoms with Gasteiger partial charge in [0.25, 0.3) is 10.0 Å². The van der Waals surface area contributed by atoms with Crippen molar-refractivity contribution in [1.29, 1.82) is 0 Å². The summed E-state index contributed by atoms with van der Waals surface area (Å²) in [4.78, 5) is 27.2. The largest absolute Gasteiger partial charge is 0.549 e. The SMILES string of the molecule is Cc1ccc(N(C)S(=O)(=O)c2ccc3c(c2)C(=O)C(C(=O)[O-])C=N3)cc1C. The molecular weight excluding hydrogens is 368 g/mol. The Balaban J connectivity index is 2.03. The van der Waals surface area contributed by atoms with Crippen LogP contribution in [0.15, 0.2) is 46.3 Å². The van der Waals surface area contributed by atoms with Crippen molar-refractivity contribution in [3.63, 3.8) is 0 Å². The predicted octanol–water partition coefficient (Wildman–Crippen LogP) is 1.39. The summed E-state index contributed by atoms with van der Waals surface area (Å²) < 4.78 is 27.1. The van der Waals surface area contributed by atoms with Crippen molar-refractivity contribution in [1.82, 2.24) is 0 Å². The van der Waals surface area contributed by atoms with Crippen molar-refractivity contribution >= 4 is 39.4 Å². The van der Waals surface area contributed by atoms with Gasteiger partial charge in [-0.15, -0.1) is 0 Å². The van der Waals surface area contributed by atoms with Crippen molar-refractivity contribution < 1.29 is 23.1 Å². The normalized spacial score (nSPS) is 16.1. The van der Waals surface area contributed by atoms with Crippen LogP contribution in [0.5, 0.6) is 0 Å². The summed E-state index contributed by atoms with van der Waals surface area (Å²) in [5.41, 5.74) is 2.63. The number of benzene rings is 2. The first-order valence-electron chi connectivity index (χ1n) is 8.12. The minimum absolute atomic E-state index is 0.0544. The van der Waals surface area contributed by atoms with Gasteiger partial charge >= 0.3 is 0 Å². The summed E-state index contributed by atoms with van der Waals surface area (Å²) >= 11 is 0. The number of carboxylic acid groups (broad SMARTS) is 1. The van der Waals surface area contributed by atoms with Crippen molar-refractivity contribution in [3.05, 3.63) is 53.1 Å². The zero-order valence-electron chi connectivity index (χ0n) is 15.0. The van der Waals surface area contributed by atoms with E-state index in [4.69, 9.17) is 0 Å². The fourth-order valence-corrected chi connectivity index (χ4v) is 3.98. The number of rotatable bonds is 4. The number of Topliss-reactive ketones (excluding diaryl/α,β-unsaturated/α-hetero) is 1. The van der Waals surface area contributed by atoms with Gasteiger partial charge in [-0.2, -0.15) is 0 Å². The summed E-state index contributed by atoms with van der Waals surface area (Å²) in [6.07, 6.45) is 0.995. The van der Waals surface area contributed by atoms with Crippen LogP contribution in [0.4, 0.5) is 11.4 Å². The van der Waals surface area contributed by atoms with Crippen molar-refractivity contribution in [2.24, 2.45) is 10.9 Å². The Labute approximate surface area is 157 Å². The van der Waals surface area contributed by atoms with E-state index in [-0.39, 0.29) is 16.1 Å². The standard InChI is InChI=1S/C19H18N2O5S/c1-11-4-5-13(8-12(11)2)21(3)27(25,26)14-6-7-17-15(9-14)18(22)16(10-20-17)19(23)24/h4-10,16H,1-3H3,(H,23,24)/p-1. The maximum absolute atomic E-state index is 13.0. The van der Waals surface area contributed by atoms with E-state index in [9.17, 15) is 23.1 Å². The molecule has 2 aromatic carbocycles. The lowest BCUT2D eigenvalue weighted by atomic mass is 9.95. The molecule has 140 valence electrons. The first kappa shape index (κ1) is 18.8. The lowest BCUT2D eigenvalue weighted by Crippen LogP contribution is -2.38. The number of hydrogen-bond donors (Lipinski definition) is 0. The van der Waals surface area contributed by atoms with Gasteiger partial charge in [-0.05, 0) is 55.3 Å². The molecule has 0 radical (unpaired) electrons. The maximum atomic E-state index is 13.0. The number of ketones is 1. The lowest BCUT2D eigenvalue weighted by molar-refractivity contribution is -0.306. The molecule has 0 bridgehead atoms. The molecule has 0 aromatic heterocycles. The second-order valence-electron chi connectivity index (χ2n) is 6.36. The molecule has 1 heterocycles. The van der Waals surface area contributed by atoms with E-state index in [2.05, 4.69) is 4.99 Å². The Bertz CT molecular complexity index is 1090. The number of aryl methyl sites for hydroxylation is 2. The van der Waals surface area contributed by atoms with Gasteiger partial charge in [0.1, 0.15) is 0 Å². The van der Waals surface area contributed by atoms with Crippen LogP contribution < -0.4 is 9.41 Å². The number of anilines is 1. The predicted molar refractivity (Wildman–Crippen MR) is 98.9 cm³/mol. The van der Waals surface area contributed by atoms with Gasteiger partial charge < -0.3 is 9.90 Å². The molecule has 0 saturated carbocycles. The Morgan fingerprint density at radius 3 is 2.44 bits per heavy atom. The van der Waals surface area contributed by atoms with Crippen LogP contribution in [-0.2, 0) is 14.8 Å². The van der Waals surface area contributed by atoms with Gasteiger partial charge in [-0.3, -0.25) is 14.1 Å². The summed E-state index contributed by atoms with van der Waals surface area (Å²) in [5, 5.41) is 11.1. The summed E-state index contributed by atoms with van der Waals surface area (Å²) in [7, 11) is -2.53. The van der Waals surface area contributed by atoms with Gasteiger partial charge in [0.15, 0.2) is 5.78 Å². The van der Waals surface area contributed by atoms with Crippen LogP contribution in [0.3, 0.4) is 0 Å². The first-order chi connectivity index (χ1) is 12.6. The number of aliphatic carboxylic acids is 1. The van der Waals surface area contributed by atoms with E-state index >= 15 is 0 Å². The third kappa shape index (κ3) is 3.23. The molecule has 0 spiro atoms. The quantitative estimate of drug-likeness (QED) is 0.739. The smallest absolute Gasteiger partial charge is 0.264 e. The lowest BCUT2D eigenvalue weighted by Gasteiger charge is -2.22. The second-order valence-corrected chi connectivity index (χ2v) is 8.33. The molecule has 0 amide bonds. The van der Waals surface area contributed by atoms with E-state index in [0.29, 0.717) is 5.69 Å². The van der Waals surface area contributed by atoms with Crippen molar-refractivity contribution in [3.8, 4) is 0 Å². The van der Waals surface area contributed by atoms with E-state index in [1.165, 1.54) is 19.2 Å². The third-order valence-electron chi connectivity index (χ3n) is 4.65. The van der Waals surface area contributed by atoms with Gasteiger partial charge in [0.05, 0.1) is 28.2 Å². The zero-order chi connectivity index (χ0) is 19.9. The molecule has 7 nitrogen and oxygen atoms in total. The Morgan fingerprint density at radius 1 is 1.11 bits per heavy atom. The number of aliphatic imine (C=N–C) groups is 1. The minimum Gasteiger partial charge on any atom is -0.549 e. The van der Waals surface area contributed by atoms with Gasteiger partial charge in [0.2, 0.25) is 0 Å². The van der Waals surface area contributed by atoms with Crippen molar-refractivity contribution in [2.45, 2.75) is 18.7 Å². The number of carbonyl (C=O) groups is 2. The molecule has 3 rings (SSSR count). The van der Waals surface area contributed by atoms with E-state index in [0.717, 1.165) is 27.7 Å². The molecule has 1 aliphatic rings. The molecule has 0 aliphatic carbocycles. The average Bonchev–Trinajstić information content (AvgIpc) is 2.63. The summed E-state index contributed by atoms with van der Waals surface area (Å²) in [6, 6.07) is 9.17. The Kier molecular flexibility index (Phi) is 4.61. The van der Waals surface area contributed by atoms with Gasteiger partial charge in [-0.25, -0.2) is 8.42 Å². The molecule has 8 heteroatoms. The van der Waals surface area contributed by atoms with Crippen LogP contribution >= 0.6 is 0 Å². The van der Waals surface area contributed by atoms with Crippen LogP contribution in [0.2, 0.25) is 0 Å². The van der Waals surface area contributed by atoms with Crippen LogP contribution in [0.25, 0.3) is 0 Å². The molecule has 0 fully saturated rings. The topological polar surface area (TPSA) is 107 Å². The number of fused-ring (bicyclic) bond motifs is 1. The highest BCUT2D eigenvalue weighted by Gasteiger charge is 2.29. The van der Waals surface area contributed by atoms with E-state index in [1.807, 2.05) is 19.9 Å². The van der Waals surface area contributed by atoms with Crippen LogP contribution in [0.1, 0.15) is 21.5 Å². The highest BCUT2D eigenvalue weighted by atomic mass is 32.2. The molecule has 2 aromatic rings. The number of sulfonamides is 1. The Morgan fingerprint density at radius 2 is 1.81 bits per heavy atom. The fraction of sp³-hybridized carbons (Fsp3) is 0.211. The van der Waals surface area contributed by atoms with E-state index < -0.39 is 27.7 Å². The number of carboxylic acids is 1. The second kappa shape index (κ2) is 6.62. The van der Waals surface area contributed by atoms with Crippen molar-refractivity contribution in [2.75, 3.05) is 11.4 Å².